The first-order valence-electron chi connectivity index (χ1n) is 7.64. The molecule has 5 heteroatoms. The lowest BCUT2D eigenvalue weighted by Gasteiger charge is -2.32. The molecule has 0 aromatic heterocycles. The van der Waals surface area contributed by atoms with Crippen molar-refractivity contribution in [3.05, 3.63) is 35.9 Å². The molecule has 21 heavy (non-hydrogen) atoms. The molecular formula is C16H25NO3S. The first-order chi connectivity index (χ1) is 9.97. The minimum atomic E-state index is -3.16. The Morgan fingerprint density at radius 3 is 2.38 bits per heavy atom. The Kier molecular flexibility index (Phi) is 5.79. The summed E-state index contributed by atoms with van der Waals surface area (Å²) in [5.74, 6) is 0.187. The molecule has 0 unspecified atom stereocenters. The molecule has 0 spiro atoms. The van der Waals surface area contributed by atoms with Crippen molar-refractivity contribution in [1.82, 2.24) is 4.31 Å². The van der Waals surface area contributed by atoms with Crippen molar-refractivity contribution < 1.29 is 13.2 Å². The predicted octanol–water partition coefficient (Wildman–Crippen LogP) is 2.45. The smallest absolute Gasteiger partial charge is 0.214 e. The highest BCUT2D eigenvalue weighted by molar-refractivity contribution is 7.89. The van der Waals surface area contributed by atoms with Crippen LogP contribution in [-0.2, 0) is 21.2 Å². The second-order valence-electron chi connectivity index (χ2n) is 5.83. The SMILES string of the molecule is CC(C)OC1CCN(S(=O)(=O)CCc2ccccc2)CC1. The maximum Gasteiger partial charge on any atom is 0.214 e. The van der Waals surface area contributed by atoms with Gasteiger partial charge in [0.1, 0.15) is 0 Å². The number of nitrogens with zero attached hydrogens (tertiary/aromatic N) is 1. The third kappa shape index (κ3) is 5.09. The van der Waals surface area contributed by atoms with Gasteiger partial charge in [-0.15, -0.1) is 0 Å². The van der Waals surface area contributed by atoms with Crippen LogP contribution in [0.15, 0.2) is 30.3 Å². The number of sulfonamides is 1. The standard InChI is InChI=1S/C16H25NO3S/c1-14(2)20-16-8-11-17(12-9-16)21(18,19)13-10-15-6-4-3-5-7-15/h3-7,14,16H,8-13H2,1-2H3. The summed E-state index contributed by atoms with van der Waals surface area (Å²) in [7, 11) is -3.16. The zero-order chi connectivity index (χ0) is 15.3. The van der Waals surface area contributed by atoms with Gasteiger partial charge in [0.2, 0.25) is 10.0 Å². The van der Waals surface area contributed by atoms with Crippen LogP contribution in [-0.4, -0.2) is 43.8 Å². The van der Waals surface area contributed by atoms with Crippen LogP contribution in [0.25, 0.3) is 0 Å². The predicted molar refractivity (Wildman–Crippen MR) is 84.7 cm³/mol. The lowest BCUT2D eigenvalue weighted by Crippen LogP contribution is -2.42. The molecule has 4 nitrogen and oxygen atoms in total. The summed E-state index contributed by atoms with van der Waals surface area (Å²) in [6.45, 7) is 5.19. The fourth-order valence-electron chi connectivity index (χ4n) is 2.65. The van der Waals surface area contributed by atoms with Crippen molar-refractivity contribution in [3.8, 4) is 0 Å². The van der Waals surface area contributed by atoms with Gasteiger partial charge in [0.15, 0.2) is 0 Å². The van der Waals surface area contributed by atoms with Gasteiger partial charge in [-0.1, -0.05) is 30.3 Å². The van der Waals surface area contributed by atoms with E-state index in [-0.39, 0.29) is 18.0 Å². The molecule has 0 radical (unpaired) electrons. The van der Waals surface area contributed by atoms with E-state index in [9.17, 15) is 8.42 Å². The molecule has 0 amide bonds. The number of hydrogen-bond donors (Lipinski definition) is 0. The summed E-state index contributed by atoms with van der Waals surface area (Å²) in [6.07, 6.45) is 2.57. The quantitative estimate of drug-likeness (QED) is 0.811. The molecule has 0 atom stereocenters. The van der Waals surface area contributed by atoms with E-state index in [0.717, 1.165) is 18.4 Å². The van der Waals surface area contributed by atoms with Gasteiger partial charge in [0.25, 0.3) is 0 Å². The average Bonchev–Trinajstić information content (AvgIpc) is 2.46. The van der Waals surface area contributed by atoms with E-state index in [4.69, 9.17) is 4.74 Å². The second kappa shape index (κ2) is 7.38. The Hall–Kier alpha value is -0.910. The van der Waals surface area contributed by atoms with Crippen molar-refractivity contribution in [2.24, 2.45) is 0 Å². The van der Waals surface area contributed by atoms with Crippen molar-refractivity contribution in [2.75, 3.05) is 18.8 Å². The van der Waals surface area contributed by atoms with Crippen LogP contribution in [0.4, 0.5) is 0 Å². The molecule has 0 N–H and O–H groups in total. The number of rotatable bonds is 6. The Balaban J connectivity index is 1.84. The fourth-order valence-corrected chi connectivity index (χ4v) is 4.17. The largest absolute Gasteiger partial charge is 0.375 e. The molecule has 1 aliphatic rings. The van der Waals surface area contributed by atoms with Crippen LogP contribution in [0.1, 0.15) is 32.3 Å². The molecule has 0 saturated carbocycles. The van der Waals surface area contributed by atoms with Crippen LogP contribution in [0.3, 0.4) is 0 Å². The lowest BCUT2D eigenvalue weighted by molar-refractivity contribution is -0.0168. The topological polar surface area (TPSA) is 46.6 Å². The Labute approximate surface area is 128 Å². The van der Waals surface area contributed by atoms with Crippen molar-refractivity contribution in [2.45, 2.75) is 45.3 Å². The van der Waals surface area contributed by atoms with Crippen LogP contribution >= 0.6 is 0 Å². The molecular weight excluding hydrogens is 286 g/mol. The van der Waals surface area contributed by atoms with E-state index in [1.807, 2.05) is 44.2 Å². The number of ether oxygens (including phenoxy) is 1. The van der Waals surface area contributed by atoms with E-state index >= 15 is 0 Å². The highest BCUT2D eigenvalue weighted by Crippen LogP contribution is 2.18. The van der Waals surface area contributed by atoms with Crippen LogP contribution in [0.2, 0.25) is 0 Å². The number of piperidine rings is 1. The molecule has 1 aliphatic heterocycles. The first-order valence-corrected chi connectivity index (χ1v) is 9.25. The minimum absolute atomic E-state index is 0.187. The highest BCUT2D eigenvalue weighted by Gasteiger charge is 2.28. The van der Waals surface area contributed by atoms with Gasteiger partial charge in [-0.25, -0.2) is 12.7 Å². The molecule has 1 saturated heterocycles. The average molecular weight is 311 g/mol. The molecule has 0 aliphatic carbocycles. The molecule has 0 bridgehead atoms. The van der Waals surface area contributed by atoms with Gasteiger partial charge in [0, 0.05) is 13.1 Å². The summed E-state index contributed by atoms with van der Waals surface area (Å²) in [6, 6.07) is 9.77. The molecule has 1 fully saturated rings. The Morgan fingerprint density at radius 1 is 1.19 bits per heavy atom. The van der Waals surface area contributed by atoms with Crippen molar-refractivity contribution in [1.29, 1.82) is 0 Å². The second-order valence-corrected chi connectivity index (χ2v) is 7.92. The van der Waals surface area contributed by atoms with Crippen LogP contribution in [0.5, 0.6) is 0 Å². The maximum atomic E-state index is 12.4. The first kappa shape index (κ1) is 16.5. The van der Waals surface area contributed by atoms with Gasteiger partial charge in [-0.2, -0.15) is 0 Å². The normalized spacial score (nSPS) is 18.2. The summed E-state index contributed by atoms with van der Waals surface area (Å²) >= 11 is 0. The Morgan fingerprint density at radius 2 is 1.81 bits per heavy atom. The molecule has 1 heterocycles. The van der Waals surface area contributed by atoms with Crippen molar-refractivity contribution >= 4 is 10.0 Å². The number of benzene rings is 1. The molecule has 1 aromatic carbocycles. The van der Waals surface area contributed by atoms with Gasteiger partial charge >= 0.3 is 0 Å². The van der Waals surface area contributed by atoms with Crippen molar-refractivity contribution in [3.63, 3.8) is 0 Å². The van der Waals surface area contributed by atoms with Gasteiger partial charge in [-0.3, -0.25) is 0 Å². The third-order valence-electron chi connectivity index (χ3n) is 3.75. The van der Waals surface area contributed by atoms with Crippen LogP contribution < -0.4 is 0 Å². The maximum absolute atomic E-state index is 12.4. The van der Waals surface area contributed by atoms with E-state index < -0.39 is 10.0 Å². The number of aryl methyl sites for hydroxylation is 1. The minimum Gasteiger partial charge on any atom is -0.375 e. The van der Waals surface area contributed by atoms with Gasteiger partial charge < -0.3 is 4.74 Å². The molecule has 1 aromatic rings. The van der Waals surface area contributed by atoms with E-state index in [1.165, 1.54) is 0 Å². The molecule has 2 rings (SSSR count). The van der Waals surface area contributed by atoms with Gasteiger partial charge in [0.05, 0.1) is 18.0 Å². The highest BCUT2D eigenvalue weighted by atomic mass is 32.2. The summed E-state index contributed by atoms with van der Waals surface area (Å²) in [5.41, 5.74) is 1.07. The van der Waals surface area contributed by atoms with E-state index in [1.54, 1.807) is 4.31 Å². The van der Waals surface area contributed by atoms with E-state index in [0.29, 0.717) is 19.5 Å². The zero-order valence-corrected chi connectivity index (χ0v) is 13.7. The summed E-state index contributed by atoms with van der Waals surface area (Å²) in [4.78, 5) is 0. The van der Waals surface area contributed by atoms with E-state index in [2.05, 4.69) is 0 Å². The summed E-state index contributed by atoms with van der Waals surface area (Å²) < 4.78 is 32.1. The lowest BCUT2D eigenvalue weighted by atomic mass is 10.1. The zero-order valence-electron chi connectivity index (χ0n) is 12.9. The summed E-state index contributed by atoms with van der Waals surface area (Å²) in [5, 5.41) is 0. The fraction of sp³-hybridized carbons (Fsp3) is 0.625. The van der Waals surface area contributed by atoms with Crippen LogP contribution in [0, 0.1) is 0 Å². The molecule has 118 valence electrons. The third-order valence-corrected chi connectivity index (χ3v) is 5.62. The Bertz CT molecular complexity index is 520. The monoisotopic (exact) mass is 311 g/mol. The van der Waals surface area contributed by atoms with Gasteiger partial charge in [-0.05, 0) is 38.7 Å². The number of hydrogen-bond acceptors (Lipinski definition) is 3.